The SMILES string of the molecule is C=CCN(c1cncc(CNC2CC2)n1)C(C)C. The monoisotopic (exact) mass is 246 g/mol. The van der Waals surface area contributed by atoms with Crippen LogP contribution in [0.1, 0.15) is 32.4 Å². The third kappa shape index (κ3) is 3.53. The van der Waals surface area contributed by atoms with Gasteiger partial charge in [-0.2, -0.15) is 0 Å². The standard InChI is InChI=1S/C14H22N4/c1-4-7-18(11(2)3)14-10-15-8-13(17-14)9-16-12-5-6-12/h4,8,10-12,16H,1,5-7,9H2,2-3H3. The second-order valence-electron chi connectivity index (χ2n) is 5.06. The van der Waals surface area contributed by atoms with Crippen LogP contribution in [0.15, 0.2) is 25.0 Å². The molecule has 4 nitrogen and oxygen atoms in total. The number of aromatic nitrogens is 2. The third-order valence-corrected chi connectivity index (χ3v) is 3.06. The summed E-state index contributed by atoms with van der Waals surface area (Å²) in [6.45, 7) is 9.71. The average Bonchev–Trinajstić information content (AvgIpc) is 3.17. The molecule has 0 bridgehead atoms. The lowest BCUT2D eigenvalue weighted by Gasteiger charge is -2.26. The molecule has 4 heteroatoms. The number of anilines is 1. The van der Waals surface area contributed by atoms with Crippen molar-refractivity contribution in [3.8, 4) is 0 Å². The Bertz CT molecular complexity index is 399. The maximum absolute atomic E-state index is 4.67. The van der Waals surface area contributed by atoms with E-state index in [1.165, 1.54) is 12.8 Å². The first-order valence-corrected chi connectivity index (χ1v) is 6.62. The molecule has 0 aromatic carbocycles. The highest BCUT2D eigenvalue weighted by atomic mass is 15.2. The Morgan fingerprint density at radius 1 is 1.50 bits per heavy atom. The van der Waals surface area contributed by atoms with E-state index in [0.29, 0.717) is 12.1 Å². The van der Waals surface area contributed by atoms with Crippen molar-refractivity contribution < 1.29 is 0 Å². The fourth-order valence-electron chi connectivity index (χ4n) is 1.86. The Kier molecular flexibility index (Phi) is 4.31. The summed E-state index contributed by atoms with van der Waals surface area (Å²) in [7, 11) is 0. The van der Waals surface area contributed by atoms with E-state index < -0.39 is 0 Å². The molecular formula is C14H22N4. The van der Waals surface area contributed by atoms with Crippen molar-refractivity contribution in [3.05, 3.63) is 30.7 Å². The van der Waals surface area contributed by atoms with Crippen LogP contribution in [0.4, 0.5) is 5.82 Å². The van der Waals surface area contributed by atoms with E-state index in [1.807, 2.05) is 18.5 Å². The molecule has 18 heavy (non-hydrogen) atoms. The highest BCUT2D eigenvalue weighted by Crippen LogP contribution is 2.19. The van der Waals surface area contributed by atoms with Gasteiger partial charge in [0.05, 0.1) is 11.9 Å². The normalized spacial score (nSPS) is 14.8. The van der Waals surface area contributed by atoms with Gasteiger partial charge < -0.3 is 10.2 Å². The molecule has 1 aliphatic rings. The maximum Gasteiger partial charge on any atom is 0.147 e. The summed E-state index contributed by atoms with van der Waals surface area (Å²) in [5.41, 5.74) is 1.01. The van der Waals surface area contributed by atoms with E-state index in [2.05, 4.69) is 40.6 Å². The summed E-state index contributed by atoms with van der Waals surface area (Å²) in [5.74, 6) is 0.931. The minimum atomic E-state index is 0.393. The third-order valence-electron chi connectivity index (χ3n) is 3.06. The zero-order valence-corrected chi connectivity index (χ0v) is 11.3. The summed E-state index contributed by atoms with van der Waals surface area (Å²) >= 11 is 0. The van der Waals surface area contributed by atoms with Crippen LogP contribution in [0.2, 0.25) is 0 Å². The molecule has 0 amide bonds. The van der Waals surface area contributed by atoms with Crippen LogP contribution < -0.4 is 10.2 Å². The number of hydrogen-bond acceptors (Lipinski definition) is 4. The molecule has 1 saturated carbocycles. The maximum atomic E-state index is 4.67. The predicted molar refractivity (Wildman–Crippen MR) is 74.6 cm³/mol. The van der Waals surface area contributed by atoms with Crippen molar-refractivity contribution in [3.63, 3.8) is 0 Å². The van der Waals surface area contributed by atoms with E-state index in [-0.39, 0.29) is 0 Å². The Hall–Kier alpha value is -1.42. The Morgan fingerprint density at radius 2 is 2.28 bits per heavy atom. The smallest absolute Gasteiger partial charge is 0.147 e. The molecule has 0 atom stereocenters. The van der Waals surface area contributed by atoms with Crippen LogP contribution in [0, 0.1) is 0 Å². The van der Waals surface area contributed by atoms with Gasteiger partial charge in [0.2, 0.25) is 0 Å². The van der Waals surface area contributed by atoms with Gasteiger partial charge in [-0.25, -0.2) is 4.98 Å². The Balaban J connectivity index is 2.05. The summed E-state index contributed by atoms with van der Waals surface area (Å²) in [5, 5.41) is 3.46. The van der Waals surface area contributed by atoms with Crippen LogP contribution in [-0.4, -0.2) is 28.6 Å². The fourth-order valence-corrected chi connectivity index (χ4v) is 1.86. The van der Waals surface area contributed by atoms with Gasteiger partial charge >= 0.3 is 0 Å². The number of hydrogen-bond donors (Lipinski definition) is 1. The summed E-state index contributed by atoms with van der Waals surface area (Å²) in [6, 6.07) is 1.09. The second-order valence-corrected chi connectivity index (χ2v) is 5.06. The summed E-state index contributed by atoms with van der Waals surface area (Å²) < 4.78 is 0. The zero-order valence-electron chi connectivity index (χ0n) is 11.3. The molecule has 0 spiro atoms. The van der Waals surface area contributed by atoms with Crippen molar-refractivity contribution in [2.24, 2.45) is 0 Å². The summed E-state index contributed by atoms with van der Waals surface area (Å²) in [4.78, 5) is 11.2. The van der Waals surface area contributed by atoms with Crippen molar-refractivity contribution in [2.45, 2.75) is 45.3 Å². The quantitative estimate of drug-likeness (QED) is 0.748. The molecule has 1 N–H and O–H groups in total. The van der Waals surface area contributed by atoms with Crippen LogP contribution >= 0.6 is 0 Å². The van der Waals surface area contributed by atoms with Gasteiger partial charge in [-0.1, -0.05) is 6.08 Å². The molecule has 1 heterocycles. The number of rotatable bonds is 7. The van der Waals surface area contributed by atoms with Crippen LogP contribution in [0.5, 0.6) is 0 Å². The van der Waals surface area contributed by atoms with Crippen LogP contribution in [0.3, 0.4) is 0 Å². The first kappa shape index (κ1) is 13.0. The van der Waals surface area contributed by atoms with Gasteiger partial charge in [-0.15, -0.1) is 6.58 Å². The van der Waals surface area contributed by atoms with Crippen molar-refractivity contribution in [1.29, 1.82) is 0 Å². The molecule has 1 aliphatic carbocycles. The number of nitrogens with zero attached hydrogens (tertiary/aromatic N) is 3. The topological polar surface area (TPSA) is 41.1 Å². The number of nitrogens with one attached hydrogen (secondary N) is 1. The Morgan fingerprint density at radius 3 is 2.89 bits per heavy atom. The van der Waals surface area contributed by atoms with Gasteiger partial charge in [0.25, 0.3) is 0 Å². The highest BCUT2D eigenvalue weighted by Gasteiger charge is 2.20. The summed E-state index contributed by atoms with van der Waals surface area (Å²) in [6.07, 6.45) is 8.15. The fraction of sp³-hybridized carbons (Fsp3) is 0.571. The molecular weight excluding hydrogens is 224 g/mol. The van der Waals surface area contributed by atoms with Gasteiger partial charge in [0, 0.05) is 31.4 Å². The molecule has 1 fully saturated rings. The lowest BCUT2D eigenvalue weighted by molar-refractivity contribution is 0.662. The molecule has 1 aromatic rings. The molecule has 0 aliphatic heterocycles. The average molecular weight is 246 g/mol. The zero-order chi connectivity index (χ0) is 13.0. The second kappa shape index (κ2) is 5.96. The molecule has 0 saturated heterocycles. The van der Waals surface area contributed by atoms with Gasteiger partial charge in [0.15, 0.2) is 0 Å². The van der Waals surface area contributed by atoms with Crippen LogP contribution in [-0.2, 0) is 6.54 Å². The minimum absolute atomic E-state index is 0.393. The predicted octanol–water partition coefficient (Wildman–Crippen LogP) is 2.13. The van der Waals surface area contributed by atoms with E-state index in [1.54, 1.807) is 0 Å². The van der Waals surface area contributed by atoms with Crippen molar-refractivity contribution in [2.75, 3.05) is 11.4 Å². The van der Waals surface area contributed by atoms with E-state index in [0.717, 1.165) is 24.6 Å². The molecule has 0 radical (unpaired) electrons. The lowest BCUT2D eigenvalue weighted by atomic mass is 10.3. The molecule has 0 unspecified atom stereocenters. The first-order chi connectivity index (χ1) is 8.70. The minimum Gasteiger partial charge on any atom is -0.349 e. The van der Waals surface area contributed by atoms with Gasteiger partial charge in [-0.05, 0) is 26.7 Å². The lowest BCUT2D eigenvalue weighted by Crippen LogP contribution is -2.32. The molecule has 2 rings (SSSR count). The molecule has 1 aromatic heterocycles. The highest BCUT2D eigenvalue weighted by molar-refractivity contribution is 5.38. The van der Waals surface area contributed by atoms with E-state index in [9.17, 15) is 0 Å². The molecule has 98 valence electrons. The van der Waals surface area contributed by atoms with E-state index in [4.69, 9.17) is 0 Å². The van der Waals surface area contributed by atoms with Crippen molar-refractivity contribution in [1.82, 2.24) is 15.3 Å². The van der Waals surface area contributed by atoms with Crippen molar-refractivity contribution >= 4 is 5.82 Å². The van der Waals surface area contributed by atoms with Gasteiger partial charge in [0.1, 0.15) is 5.82 Å². The van der Waals surface area contributed by atoms with Gasteiger partial charge in [-0.3, -0.25) is 4.98 Å². The van der Waals surface area contributed by atoms with E-state index >= 15 is 0 Å². The largest absolute Gasteiger partial charge is 0.349 e. The first-order valence-electron chi connectivity index (χ1n) is 6.62. The Labute approximate surface area is 109 Å². The van der Waals surface area contributed by atoms with Crippen LogP contribution in [0.25, 0.3) is 0 Å².